The minimum atomic E-state index is 0.116. The summed E-state index contributed by atoms with van der Waals surface area (Å²) >= 11 is 0. The molecule has 1 aliphatic heterocycles. The largest absolute Gasteiger partial charge is 0.497 e. The van der Waals surface area contributed by atoms with Crippen LogP contribution in [0.25, 0.3) is 11.1 Å². The second-order valence-corrected chi connectivity index (χ2v) is 5.80. The summed E-state index contributed by atoms with van der Waals surface area (Å²) < 4.78 is 5.30. The van der Waals surface area contributed by atoms with Crippen molar-refractivity contribution in [2.24, 2.45) is 4.99 Å². The zero-order chi connectivity index (χ0) is 16.5. The Morgan fingerprint density at radius 1 is 1.12 bits per heavy atom. The molecule has 24 heavy (non-hydrogen) atoms. The van der Waals surface area contributed by atoms with Crippen LogP contribution in [0.1, 0.15) is 5.56 Å². The minimum absolute atomic E-state index is 0.116. The molecule has 4 rings (SSSR count). The first-order chi connectivity index (χ1) is 11.7. The lowest BCUT2D eigenvalue weighted by atomic mass is 10.0. The van der Waals surface area contributed by atoms with Gasteiger partial charge in [-0.25, -0.2) is 4.98 Å². The predicted octanol–water partition coefficient (Wildman–Crippen LogP) is 2.55. The Bertz CT molecular complexity index is 869. The minimum Gasteiger partial charge on any atom is -0.497 e. The number of amidine groups is 1. The van der Waals surface area contributed by atoms with Gasteiger partial charge in [-0.2, -0.15) is 0 Å². The summed E-state index contributed by atoms with van der Waals surface area (Å²) in [7, 11) is 1.66. The number of nitrogens with one attached hydrogen (secondary N) is 1. The second-order valence-electron chi connectivity index (χ2n) is 5.80. The number of pyridine rings is 1. The van der Waals surface area contributed by atoms with Crippen molar-refractivity contribution < 1.29 is 4.74 Å². The lowest BCUT2D eigenvalue weighted by Gasteiger charge is -2.14. The Balaban J connectivity index is 1.72. The lowest BCUT2D eigenvalue weighted by molar-refractivity contribution is 0.415. The third kappa shape index (κ3) is 2.54. The fourth-order valence-electron chi connectivity index (χ4n) is 2.97. The first-order valence-corrected chi connectivity index (χ1v) is 7.84. The molecule has 120 valence electrons. The highest BCUT2D eigenvalue weighted by Crippen LogP contribution is 2.27. The number of nitrogens with two attached hydrogens (primary N) is 1. The van der Waals surface area contributed by atoms with E-state index in [9.17, 15) is 0 Å². The monoisotopic (exact) mass is 318 g/mol. The molecule has 0 radical (unpaired) electrons. The molecule has 5 heteroatoms. The van der Waals surface area contributed by atoms with E-state index in [1.54, 1.807) is 13.3 Å². The first kappa shape index (κ1) is 14.5. The zero-order valence-electron chi connectivity index (χ0n) is 13.3. The number of methoxy groups -OCH3 is 1. The van der Waals surface area contributed by atoms with Crippen LogP contribution in [0.15, 0.2) is 65.8 Å². The maximum atomic E-state index is 6.10. The average Bonchev–Trinajstić information content (AvgIpc) is 3.06. The van der Waals surface area contributed by atoms with E-state index in [0.29, 0.717) is 5.82 Å². The molecule has 5 nitrogen and oxygen atoms in total. The molecule has 2 aromatic rings. The number of fused-ring (bicyclic) bond motifs is 1. The van der Waals surface area contributed by atoms with E-state index < -0.39 is 0 Å². The third-order valence-electron chi connectivity index (χ3n) is 4.26. The number of aromatic nitrogens is 1. The standard InChI is InChI=1S/C19H18N4O/c1-24-14-6-4-5-12(9-14)13-10-15(18(20)21-11-13)19-22-16-7-2-3-8-17(16)23-19/h2-11,16-17H,1H3,(H2,20,21)(H,22,23). The van der Waals surface area contributed by atoms with Gasteiger partial charge in [0.05, 0.1) is 24.8 Å². The van der Waals surface area contributed by atoms with E-state index in [2.05, 4.69) is 22.5 Å². The Labute approximate surface area is 140 Å². The molecule has 0 amide bonds. The number of hydrogen-bond acceptors (Lipinski definition) is 5. The van der Waals surface area contributed by atoms with Crippen molar-refractivity contribution >= 4 is 11.7 Å². The molecule has 1 aromatic heterocycles. The van der Waals surface area contributed by atoms with Gasteiger partial charge in [-0.1, -0.05) is 36.4 Å². The van der Waals surface area contributed by atoms with E-state index >= 15 is 0 Å². The molecule has 2 unspecified atom stereocenters. The average molecular weight is 318 g/mol. The first-order valence-electron chi connectivity index (χ1n) is 7.84. The summed E-state index contributed by atoms with van der Waals surface area (Å²) in [5.74, 6) is 2.07. The SMILES string of the molecule is COc1cccc(-c2cnc(N)c(C3=NC4C=CC=CC4N3)c2)c1. The van der Waals surface area contributed by atoms with Crippen LogP contribution in [0, 0.1) is 0 Å². The van der Waals surface area contributed by atoms with Gasteiger partial charge in [0.25, 0.3) is 0 Å². The van der Waals surface area contributed by atoms with Gasteiger partial charge in [0, 0.05) is 11.8 Å². The molecule has 2 aliphatic rings. The van der Waals surface area contributed by atoms with Crippen molar-refractivity contribution in [3.8, 4) is 16.9 Å². The van der Waals surface area contributed by atoms with Crippen molar-refractivity contribution in [1.29, 1.82) is 0 Å². The molecular weight excluding hydrogens is 300 g/mol. The summed E-state index contributed by atoms with van der Waals surface area (Å²) in [6.07, 6.45) is 10.0. The molecule has 0 fully saturated rings. The van der Waals surface area contributed by atoms with Crippen LogP contribution >= 0.6 is 0 Å². The molecule has 0 saturated heterocycles. The summed E-state index contributed by atoms with van der Waals surface area (Å²) in [4.78, 5) is 9.09. The number of ether oxygens (including phenoxy) is 1. The summed E-state index contributed by atoms with van der Waals surface area (Å²) in [6.45, 7) is 0. The quantitative estimate of drug-likeness (QED) is 0.912. The summed E-state index contributed by atoms with van der Waals surface area (Å²) in [6, 6.07) is 10.2. The maximum Gasteiger partial charge on any atom is 0.134 e. The molecule has 0 spiro atoms. The molecule has 2 heterocycles. The molecule has 1 aliphatic carbocycles. The maximum absolute atomic E-state index is 6.10. The zero-order valence-corrected chi connectivity index (χ0v) is 13.3. The Kier molecular flexibility index (Phi) is 3.54. The van der Waals surface area contributed by atoms with E-state index in [1.165, 1.54) is 0 Å². The second kappa shape index (κ2) is 5.85. The van der Waals surface area contributed by atoms with Crippen molar-refractivity contribution in [1.82, 2.24) is 10.3 Å². The number of rotatable bonds is 3. The molecule has 2 atom stereocenters. The van der Waals surface area contributed by atoms with Crippen LogP contribution in [0.5, 0.6) is 5.75 Å². The van der Waals surface area contributed by atoms with Gasteiger partial charge >= 0.3 is 0 Å². The van der Waals surface area contributed by atoms with Crippen molar-refractivity contribution in [3.63, 3.8) is 0 Å². The summed E-state index contributed by atoms with van der Waals surface area (Å²) in [5, 5.41) is 3.42. The normalized spacial score (nSPS) is 21.1. The van der Waals surface area contributed by atoms with Gasteiger partial charge < -0.3 is 15.8 Å². The lowest BCUT2D eigenvalue weighted by Crippen LogP contribution is -2.33. The van der Waals surface area contributed by atoms with Gasteiger partial charge in [0.2, 0.25) is 0 Å². The number of aliphatic imine (C=N–C) groups is 1. The van der Waals surface area contributed by atoms with Crippen molar-refractivity contribution in [3.05, 3.63) is 66.4 Å². The van der Waals surface area contributed by atoms with Gasteiger partial charge in [0.1, 0.15) is 17.4 Å². The third-order valence-corrected chi connectivity index (χ3v) is 4.26. The van der Waals surface area contributed by atoms with E-state index in [1.807, 2.05) is 42.5 Å². The van der Waals surface area contributed by atoms with Gasteiger partial charge in [-0.05, 0) is 23.8 Å². The predicted molar refractivity (Wildman–Crippen MR) is 96.2 cm³/mol. The fraction of sp³-hybridized carbons (Fsp3) is 0.158. The number of anilines is 1. The van der Waals surface area contributed by atoms with Crippen LogP contribution < -0.4 is 15.8 Å². The fourth-order valence-corrected chi connectivity index (χ4v) is 2.97. The van der Waals surface area contributed by atoms with Crippen LogP contribution in [0.2, 0.25) is 0 Å². The van der Waals surface area contributed by atoms with Crippen LogP contribution in [0.3, 0.4) is 0 Å². The number of allylic oxidation sites excluding steroid dienone is 2. The highest BCUT2D eigenvalue weighted by molar-refractivity contribution is 6.05. The Hall–Kier alpha value is -3.08. The van der Waals surface area contributed by atoms with Gasteiger partial charge in [0.15, 0.2) is 0 Å². The van der Waals surface area contributed by atoms with Crippen LogP contribution in [-0.4, -0.2) is 30.0 Å². The van der Waals surface area contributed by atoms with Crippen LogP contribution in [-0.2, 0) is 0 Å². The van der Waals surface area contributed by atoms with Crippen molar-refractivity contribution in [2.75, 3.05) is 12.8 Å². The van der Waals surface area contributed by atoms with Crippen LogP contribution in [0.4, 0.5) is 5.82 Å². The smallest absolute Gasteiger partial charge is 0.134 e. The van der Waals surface area contributed by atoms with Gasteiger partial charge in [-0.3, -0.25) is 4.99 Å². The molecular formula is C19H18N4O. The van der Waals surface area contributed by atoms with E-state index in [0.717, 1.165) is 28.3 Å². The van der Waals surface area contributed by atoms with Crippen molar-refractivity contribution in [2.45, 2.75) is 12.1 Å². The molecule has 3 N–H and O–H groups in total. The van der Waals surface area contributed by atoms with E-state index in [4.69, 9.17) is 15.5 Å². The topological polar surface area (TPSA) is 72.5 Å². The number of nitrogen functional groups attached to an aromatic ring is 1. The highest BCUT2D eigenvalue weighted by Gasteiger charge is 2.27. The van der Waals surface area contributed by atoms with Gasteiger partial charge in [-0.15, -0.1) is 0 Å². The number of nitrogens with zero attached hydrogens (tertiary/aromatic N) is 2. The molecule has 1 aromatic carbocycles. The number of benzene rings is 1. The Morgan fingerprint density at radius 3 is 2.83 bits per heavy atom. The van der Waals surface area contributed by atoms with E-state index in [-0.39, 0.29) is 12.1 Å². The molecule has 0 saturated carbocycles. The number of hydrogen-bond donors (Lipinski definition) is 2. The summed E-state index contributed by atoms with van der Waals surface area (Å²) in [5.41, 5.74) is 8.93. The molecule has 0 bridgehead atoms. The highest BCUT2D eigenvalue weighted by atomic mass is 16.5. The Morgan fingerprint density at radius 2 is 2.00 bits per heavy atom.